The molecular formula is C29H30N6O. The van der Waals surface area contributed by atoms with E-state index in [0.717, 1.165) is 83.0 Å². The molecule has 0 amide bonds. The first-order chi connectivity index (χ1) is 17.5. The molecule has 1 aromatic carbocycles. The summed E-state index contributed by atoms with van der Waals surface area (Å²) in [4.78, 5) is 14.9. The lowest BCUT2D eigenvalue weighted by Crippen LogP contribution is -2.35. The number of fused-ring (bicyclic) bond motifs is 1. The molecule has 3 N–H and O–H groups in total. The highest BCUT2D eigenvalue weighted by Crippen LogP contribution is 2.32. The van der Waals surface area contributed by atoms with Crippen molar-refractivity contribution in [2.24, 2.45) is 0 Å². The highest BCUT2D eigenvalue weighted by Gasteiger charge is 2.17. The van der Waals surface area contributed by atoms with Crippen molar-refractivity contribution >= 4 is 34.4 Å². The number of nitrogens with zero attached hydrogens (tertiary/aromatic N) is 4. The van der Waals surface area contributed by atoms with Gasteiger partial charge in [-0.05, 0) is 74.7 Å². The first-order valence-corrected chi connectivity index (χ1v) is 12.3. The van der Waals surface area contributed by atoms with Gasteiger partial charge in [-0.2, -0.15) is 5.26 Å². The van der Waals surface area contributed by atoms with Crippen molar-refractivity contribution < 1.29 is 5.11 Å². The first-order valence-electron chi connectivity index (χ1n) is 12.3. The second kappa shape index (κ2) is 10.3. The number of aliphatic hydroxyl groups excluding tert-OH is 1. The molecule has 0 unspecified atom stereocenters. The molecule has 36 heavy (non-hydrogen) atoms. The molecule has 0 atom stereocenters. The van der Waals surface area contributed by atoms with Crippen molar-refractivity contribution in [2.45, 2.75) is 39.3 Å². The molecule has 7 heteroatoms. The minimum Gasteiger partial charge on any atom is -0.393 e. The summed E-state index contributed by atoms with van der Waals surface area (Å²) in [6.07, 6.45) is 8.96. The van der Waals surface area contributed by atoms with Crippen LogP contribution in [0.15, 0.2) is 48.8 Å². The zero-order chi connectivity index (χ0) is 25.1. The van der Waals surface area contributed by atoms with Gasteiger partial charge < -0.3 is 15.4 Å². The molecular weight excluding hydrogens is 448 g/mol. The van der Waals surface area contributed by atoms with Crippen LogP contribution in [-0.2, 0) is 6.54 Å². The molecule has 4 aromatic rings. The van der Waals surface area contributed by atoms with Crippen LogP contribution in [-0.4, -0.2) is 44.2 Å². The number of pyridine rings is 2. The molecule has 0 bridgehead atoms. The Labute approximate surface area is 211 Å². The van der Waals surface area contributed by atoms with Gasteiger partial charge in [0.1, 0.15) is 6.07 Å². The van der Waals surface area contributed by atoms with Gasteiger partial charge in [0.2, 0.25) is 0 Å². The average Bonchev–Trinajstić information content (AvgIpc) is 3.37. The maximum absolute atomic E-state index is 9.82. The van der Waals surface area contributed by atoms with E-state index in [1.165, 1.54) is 0 Å². The number of likely N-dealkylation sites (tertiary alicyclic amines) is 1. The van der Waals surface area contributed by atoms with Crippen LogP contribution >= 0.6 is 0 Å². The molecule has 5 rings (SSSR count). The van der Waals surface area contributed by atoms with Crippen molar-refractivity contribution in [3.63, 3.8) is 0 Å². The third-order valence-corrected chi connectivity index (χ3v) is 6.89. The summed E-state index contributed by atoms with van der Waals surface area (Å²) >= 11 is 0. The number of anilines is 2. The van der Waals surface area contributed by atoms with E-state index in [0.29, 0.717) is 5.56 Å². The Balaban J connectivity index is 1.43. The number of nitrogens with one attached hydrogen (secondary N) is 2. The summed E-state index contributed by atoms with van der Waals surface area (Å²) in [6.45, 7) is 6.57. The summed E-state index contributed by atoms with van der Waals surface area (Å²) in [5.74, 6) is 0. The number of rotatable bonds is 6. The van der Waals surface area contributed by atoms with Gasteiger partial charge in [0.15, 0.2) is 0 Å². The zero-order valence-corrected chi connectivity index (χ0v) is 20.6. The molecule has 7 nitrogen and oxygen atoms in total. The number of hydrogen-bond acceptors (Lipinski definition) is 6. The topological polar surface area (TPSA) is 101 Å². The maximum Gasteiger partial charge on any atom is 0.103 e. The van der Waals surface area contributed by atoms with E-state index in [4.69, 9.17) is 4.98 Å². The molecule has 0 saturated carbocycles. The summed E-state index contributed by atoms with van der Waals surface area (Å²) in [6, 6.07) is 14.5. The lowest BCUT2D eigenvalue weighted by molar-refractivity contribution is 0.0786. The molecule has 0 spiro atoms. The van der Waals surface area contributed by atoms with Gasteiger partial charge >= 0.3 is 0 Å². The highest BCUT2D eigenvalue weighted by molar-refractivity contribution is 5.90. The Morgan fingerprint density at radius 2 is 2.00 bits per heavy atom. The van der Waals surface area contributed by atoms with Crippen LogP contribution in [0, 0.1) is 25.2 Å². The molecule has 1 aliphatic rings. The fourth-order valence-corrected chi connectivity index (χ4v) is 4.75. The smallest absolute Gasteiger partial charge is 0.103 e. The van der Waals surface area contributed by atoms with Crippen molar-refractivity contribution in [1.29, 1.82) is 5.26 Å². The van der Waals surface area contributed by atoms with Gasteiger partial charge in [-0.3, -0.25) is 14.9 Å². The largest absolute Gasteiger partial charge is 0.393 e. The van der Waals surface area contributed by atoms with E-state index in [1.807, 2.05) is 55.6 Å². The second-order valence-electron chi connectivity index (χ2n) is 9.35. The Morgan fingerprint density at radius 1 is 1.17 bits per heavy atom. The summed E-state index contributed by atoms with van der Waals surface area (Å²) in [5.41, 5.74) is 7.91. The molecule has 1 aliphatic heterocycles. The molecule has 0 radical (unpaired) electrons. The van der Waals surface area contributed by atoms with E-state index in [9.17, 15) is 10.4 Å². The standard InChI is InChI=1S/C29H30N6O/c1-19-25-10-13-31-28(25)9-8-27(19)34-29-21(16-30)17-32-20(2)26(29)7-6-22-4-3-5-23(33-22)18-35-14-11-24(36)12-15-35/h3-10,13,17,24,31,36H,11-12,14-15,18H2,1-2H3,(H,32,34)/b7-6+. The van der Waals surface area contributed by atoms with Crippen LogP contribution in [0.3, 0.4) is 0 Å². The number of piperidine rings is 1. The quantitative estimate of drug-likeness (QED) is 0.347. The number of aryl methyl sites for hydroxylation is 2. The van der Waals surface area contributed by atoms with E-state index in [1.54, 1.807) is 6.20 Å². The van der Waals surface area contributed by atoms with E-state index in [2.05, 4.69) is 39.2 Å². The predicted molar refractivity (Wildman–Crippen MR) is 144 cm³/mol. The van der Waals surface area contributed by atoms with Crippen LogP contribution in [0.2, 0.25) is 0 Å². The van der Waals surface area contributed by atoms with Crippen molar-refractivity contribution in [3.05, 3.63) is 82.6 Å². The summed E-state index contributed by atoms with van der Waals surface area (Å²) < 4.78 is 0. The molecule has 0 aliphatic carbocycles. The minimum absolute atomic E-state index is 0.180. The SMILES string of the molecule is Cc1ncc(C#N)c(Nc2ccc3[nH]ccc3c2C)c1/C=C/c1cccc(CN2CCC(O)CC2)n1. The van der Waals surface area contributed by atoms with Gasteiger partial charge in [0, 0.05) is 59.9 Å². The summed E-state index contributed by atoms with van der Waals surface area (Å²) in [5, 5.41) is 24.2. The molecule has 1 saturated heterocycles. The van der Waals surface area contributed by atoms with Crippen molar-refractivity contribution in [2.75, 3.05) is 18.4 Å². The fourth-order valence-electron chi connectivity index (χ4n) is 4.75. The number of hydrogen-bond donors (Lipinski definition) is 3. The van der Waals surface area contributed by atoms with E-state index in [-0.39, 0.29) is 6.10 Å². The zero-order valence-electron chi connectivity index (χ0n) is 20.6. The monoisotopic (exact) mass is 478 g/mol. The van der Waals surface area contributed by atoms with Crippen LogP contribution in [0.4, 0.5) is 11.4 Å². The maximum atomic E-state index is 9.82. The van der Waals surface area contributed by atoms with Gasteiger partial charge in [-0.1, -0.05) is 6.07 Å². The van der Waals surface area contributed by atoms with Gasteiger partial charge in [-0.15, -0.1) is 0 Å². The fraction of sp³-hybridized carbons (Fsp3) is 0.276. The Hall–Kier alpha value is -3.99. The van der Waals surface area contributed by atoms with Gasteiger partial charge in [-0.25, -0.2) is 0 Å². The van der Waals surface area contributed by atoms with E-state index < -0.39 is 0 Å². The van der Waals surface area contributed by atoms with E-state index >= 15 is 0 Å². The number of aromatic nitrogens is 3. The third kappa shape index (κ3) is 5.01. The first kappa shape index (κ1) is 23.7. The Kier molecular flexibility index (Phi) is 6.81. The van der Waals surface area contributed by atoms with Crippen LogP contribution in [0.5, 0.6) is 0 Å². The third-order valence-electron chi connectivity index (χ3n) is 6.89. The van der Waals surface area contributed by atoms with Gasteiger partial charge in [0.25, 0.3) is 0 Å². The average molecular weight is 479 g/mol. The molecule has 1 fully saturated rings. The normalized spacial score (nSPS) is 14.9. The molecule has 182 valence electrons. The molecule has 3 aromatic heterocycles. The Bertz CT molecular complexity index is 1460. The highest BCUT2D eigenvalue weighted by atomic mass is 16.3. The van der Waals surface area contributed by atoms with Crippen LogP contribution in [0.1, 0.15) is 46.6 Å². The Morgan fingerprint density at radius 3 is 2.81 bits per heavy atom. The number of aromatic amines is 1. The van der Waals surface area contributed by atoms with Crippen LogP contribution < -0.4 is 5.32 Å². The van der Waals surface area contributed by atoms with Gasteiger partial charge in [0.05, 0.1) is 28.7 Å². The van der Waals surface area contributed by atoms with Crippen molar-refractivity contribution in [1.82, 2.24) is 19.9 Å². The minimum atomic E-state index is -0.180. The lowest BCUT2D eigenvalue weighted by Gasteiger charge is -2.29. The number of aliphatic hydroxyl groups is 1. The second-order valence-corrected chi connectivity index (χ2v) is 9.35. The predicted octanol–water partition coefficient (Wildman–Crippen LogP) is 5.32. The number of nitriles is 1. The molecule has 4 heterocycles. The number of benzene rings is 1. The van der Waals surface area contributed by atoms with Crippen LogP contribution in [0.25, 0.3) is 23.1 Å². The van der Waals surface area contributed by atoms with Crippen molar-refractivity contribution in [3.8, 4) is 6.07 Å². The number of H-pyrrole nitrogens is 1. The lowest BCUT2D eigenvalue weighted by atomic mass is 10.0. The summed E-state index contributed by atoms with van der Waals surface area (Å²) in [7, 11) is 0.